The number of nitrogens with zero attached hydrogens (tertiary/aromatic N) is 1. The SMILES string of the molecule is Cc1ccc(C(=O)O)c(C)c1[N+](=O)[O-]. The topological polar surface area (TPSA) is 80.4 Å². The lowest BCUT2D eigenvalue weighted by Crippen LogP contribution is -2.04. The minimum atomic E-state index is -1.15. The second-order valence-electron chi connectivity index (χ2n) is 2.97. The number of carboxylic acids is 1. The molecule has 0 heterocycles. The molecule has 0 amide bonds. The molecule has 1 N–H and O–H groups in total. The fraction of sp³-hybridized carbons (Fsp3) is 0.222. The van der Waals surface area contributed by atoms with Gasteiger partial charge in [0.25, 0.3) is 5.69 Å². The fourth-order valence-electron chi connectivity index (χ4n) is 1.35. The van der Waals surface area contributed by atoms with Gasteiger partial charge < -0.3 is 5.11 Å². The van der Waals surface area contributed by atoms with Crippen molar-refractivity contribution in [1.29, 1.82) is 0 Å². The maximum absolute atomic E-state index is 10.7. The van der Waals surface area contributed by atoms with Gasteiger partial charge in [0, 0.05) is 11.1 Å². The number of hydrogen-bond acceptors (Lipinski definition) is 3. The summed E-state index contributed by atoms with van der Waals surface area (Å²) in [5.41, 5.74) is 0.521. The second-order valence-corrected chi connectivity index (χ2v) is 2.97. The van der Waals surface area contributed by atoms with E-state index < -0.39 is 10.9 Å². The molecule has 14 heavy (non-hydrogen) atoms. The number of rotatable bonds is 2. The van der Waals surface area contributed by atoms with Gasteiger partial charge in [0.1, 0.15) is 0 Å². The average Bonchev–Trinajstić information content (AvgIpc) is 2.02. The molecule has 0 bridgehead atoms. The molecule has 1 aromatic carbocycles. The molecule has 1 rings (SSSR count). The summed E-state index contributed by atoms with van der Waals surface area (Å²) >= 11 is 0. The Morgan fingerprint density at radius 3 is 2.43 bits per heavy atom. The Bertz CT molecular complexity index is 412. The first-order valence-electron chi connectivity index (χ1n) is 3.93. The van der Waals surface area contributed by atoms with E-state index in [2.05, 4.69) is 0 Å². The van der Waals surface area contributed by atoms with E-state index in [0.29, 0.717) is 5.56 Å². The minimum absolute atomic E-state index is 0.0256. The van der Waals surface area contributed by atoms with Crippen molar-refractivity contribution >= 4 is 11.7 Å². The van der Waals surface area contributed by atoms with Crippen LogP contribution in [0.2, 0.25) is 0 Å². The third-order valence-corrected chi connectivity index (χ3v) is 2.05. The van der Waals surface area contributed by atoms with E-state index in [1.807, 2.05) is 0 Å². The number of carbonyl (C=O) groups is 1. The van der Waals surface area contributed by atoms with E-state index in [0.717, 1.165) is 0 Å². The lowest BCUT2D eigenvalue weighted by molar-refractivity contribution is -0.386. The van der Waals surface area contributed by atoms with Crippen LogP contribution in [0.5, 0.6) is 0 Å². The Morgan fingerprint density at radius 2 is 2.00 bits per heavy atom. The highest BCUT2D eigenvalue weighted by molar-refractivity contribution is 5.90. The van der Waals surface area contributed by atoms with Gasteiger partial charge in [-0.15, -0.1) is 0 Å². The molecule has 0 fully saturated rings. The van der Waals surface area contributed by atoms with Gasteiger partial charge in [-0.3, -0.25) is 10.1 Å². The largest absolute Gasteiger partial charge is 0.478 e. The molecule has 0 saturated carbocycles. The zero-order valence-electron chi connectivity index (χ0n) is 7.77. The summed E-state index contributed by atoms with van der Waals surface area (Å²) in [7, 11) is 0. The van der Waals surface area contributed by atoms with Crippen molar-refractivity contribution in [2.45, 2.75) is 13.8 Å². The van der Waals surface area contributed by atoms with Crippen LogP contribution in [-0.2, 0) is 0 Å². The molecule has 5 nitrogen and oxygen atoms in total. The van der Waals surface area contributed by atoms with Gasteiger partial charge in [-0.1, -0.05) is 6.07 Å². The summed E-state index contributed by atoms with van der Waals surface area (Å²) < 4.78 is 0. The molecule has 1 aromatic rings. The summed E-state index contributed by atoms with van der Waals surface area (Å²) in [5.74, 6) is -1.15. The molecule has 0 aliphatic rings. The maximum Gasteiger partial charge on any atom is 0.336 e. The van der Waals surface area contributed by atoms with Crippen molar-refractivity contribution in [1.82, 2.24) is 0 Å². The zero-order chi connectivity index (χ0) is 10.9. The van der Waals surface area contributed by atoms with Crippen LogP contribution in [0.4, 0.5) is 5.69 Å². The van der Waals surface area contributed by atoms with Gasteiger partial charge in [0.15, 0.2) is 0 Å². The predicted octanol–water partition coefficient (Wildman–Crippen LogP) is 1.91. The number of carboxylic acid groups (broad SMARTS) is 1. The van der Waals surface area contributed by atoms with Crippen LogP contribution in [0.15, 0.2) is 12.1 Å². The van der Waals surface area contributed by atoms with Crippen LogP contribution in [0.25, 0.3) is 0 Å². The molecule has 0 aromatic heterocycles. The monoisotopic (exact) mass is 195 g/mol. The second kappa shape index (κ2) is 3.45. The van der Waals surface area contributed by atoms with Crippen molar-refractivity contribution in [3.05, 3.63) is 38.9 Å². The first-order valence-corrected chi connectivity index (χ1v) is 3.93. The van der Waals surface area contributed by atoms with Gasteiger partial charge in [-0.2, -0.15) is 0 Å². The lowest BCUT2D eigenvalue weighted by Gasteiger charge is -2.03. The van der Waals surface area contributed by atoms with E-state index >= 15 is 0 Å². The summed E-state index contributed by atoms with van der Waals surface area (Å²) in [4.78, 5) is 20.8. The van der Waals surface area contributed by atoms with Crippen molar-refractivity contribution < 1.29 is 14.8 Å². The maximum atomic E-state index is 10.7. The molecule has 0 saturated heterocycles. The predicted molar refractivity (Wildman–Crippen MR) is 49.5 cm³/mol. The first kappa shape index (κ1) is 10.2. The van der Waals surface area contributed by atoms with Gasteiger partial charge in [-0.25, -0.2) is 4.79 Å². The molecule has 0 aliphatic carbocycles. The standard InChI is InChI=1S/C9H9NO4/c1-5-3-4-7(9(11)12)6(2)8(5)10(13)14/h3-4H,1-2H3,(H,11,12). The van der Waals surface area contributed by atoms with E-state index in [4.69, 9.17) is 5.11 Å². The highest BCUT2D eigenvalue weighted by Gasteiger charge is 2.20. The van der Waals surface area contributed by atoms with E-state index in [9.17, 15) is 14.9 Å². The Hall–Kier alpha value is -1.91. The number of benzene rings is 1. The van der Waals surface area contributed by atoms with Crippen LogP contribution in [0, 0.1) is 24.0 Å². The van der Waals surface area contributed by atoms with Gasteiger partial charge in [0.05, 0.1) is 10.5 Å². The normalized spacial score (nSPS) is 9.86. The van der Waals surface area contributed by atoms with Crippen molar-refractivity contribution in [2.75, 3.05) is 0 Å². The van der Waals surface area contributed by atoms with Crippen LogP contribution in [0.1, 0.15) is 21.5 Å². The molecule has 0 spiro atoms. The van der Waals surface area contributed by atoms with Crippen LogP contribution >= 0.6 is 0 Å². The Balaban J connectivity index is 3.49. The molecule has 5 heteroatoms. The van der Waals surface area contributed by atoms with Crippen molar-refractivity contribution in [2.24, 2.45) is 0 Å². The van der Waals surface area contributed by atoms with E-state index in [1.54, 1.807) is 6.92 Å². The van der Waals surface area contributed by atoms with Crippen molar-refractivity contribution in [3.63, 3.8) is 0 Å². The molecule has 0 atom stereocenters. The van der Waals surface area contributed by atoms with Crippen LogP contribution in [0.3, 0.4) is 0 Å². The molecule has 0 aliphatic heterocycles. The van der Waals surface area contributed by atoms with Crippen LogP contribution < -0.4 is 0 Å². The summed E-state index contributed by atoms with van der Waals surface area (Å²) in [6.45, 7) is 3.02. The Morgan fingerprint density at radius 1 is 1.43 bits per heavy atom. The molecule has 0 unspecified atom stereocenters. The molecular formula is C9H9NO4. The van der Waals surface area contributed by atoms with E-state index in [1.165, 1.54) is 19.1 Å². The third-order valence-electron chi connectivity index (χ3n) is 2.05. The quantitative estimate of drug-likeness (QED) is 0.577. The van der Waals surface area contributed by atoms with Crippen LogP contribution in [-0.4, -0.2) is 16.0 Å². The van der Waals surface area contributed by atoms with Gasteiger partial charge in [0.2, 0.25) is 0 Å². The minimum Gasteiger partial charge on any atom is -0.478 e. The third kappa shape index (κ3) is 1.56. The molecule has 0 radical (unpaired) electrons. The number of nitro groups is 1. The Kier molecular flexibility index (Phi) is 2.51. The van der Waals surface area contributed by atoms with Gasteiger partial charge in [-0.05, 0) is 19.9 Å². The summed E-state index contributed by atoms with van der Waals surface area (Å²) in [6.07, 6.45) is 0. The van der Waals surface area contributed by atoms with E-state index in [-0.39, 0.29) is 16.8 Å². The van der Waals surface area contributed by atoms with Gasteiger partial charge >= 0.3 is 5.97 Å². The molecular weight excluding hydrogens is 186 g/mol. The number of aryl methyl sites for hydroxylation is 1. The Labute approximate surface area is 80.1 Å². The lowest BCUT2D eigenvalue weighted by atomic mass is 10.0. The number of nitro benzene ring substituents is 1. The zero-order valence-corrected chi connectivity index (χ0v) is 7.77. The summed E-state index contributed by atoms with van der Waals surface area (Å²) in [6, 6.07) is 2.81. The highest BCUT2D eigenvalue weighted by atomic mass is 16.6. The average molecular weight is 195 g/mol. The fourth-order valence-corrected chi connectivity index (χ4v) is 1.35. The number of hydrogen-bond donors (Lipinski definition) is 1. The van der Waals surface area contributed by atoms with Crippen molar-refractivity contribution in [3.8, 4) is 0 Å². The molecule has 74 valence electrons. The highest BCUT2D eigenvalue weighted by Crippen LogP contribution is 2.25. The smallest absolute Gasteiger partial charge is 0.336 e. The summed E-state index contributed by atoms with van der Waals surface area (Å²) in [5, 5.41) is 19.4. The first-order chi connectivity index (χ1) is 6.45. The number of aromatic carboxylic acids is 1.